The van der Waals surface area contributed by atoms with Crippen molar-refractivity contribution in [2.24, 2.45) is 4.99 Å². The number of hydrogen-bond donors (Lipinski definition) is 0. The number of benzene rings is 1. The van der Waals surface area contributed by atoms with Crippen LogP contribution < -0.4 is 9.54 Å². The molecule has 0 saturated carbocycles. The predicted octanol–water partition coefficient (Wildman–Crippen LogP) is 3.66. The Hall–Kier alpha value is -2.45. The van der Waals surface area contributed by atoms with Crippen molar-refractivity contribution in [1.29, 1.82) is 0 Å². The number of carbonyl (C=O) groups excluding carboxylic acids is 1. The zero-order valence-electron chi connectivity index (χ0n) is 16.7. The van der Waals surface area contributed by atoms with Crippen LogP contribution in [0.25, 0.3) is 10.2 Å². The molecule has 0 saturated heterocycles. The minimum Gasteiger partial charge on any atom is -0.494 e. The second-order valence-corrected chi connectivity index (χ2v) is 7.50. The van der Waals surface area contributed by atoms with E-state index in [-0.39, 0.29) is 11.9 Å². The number of hydrogen-bond acceptors (Lipinski definition) is 5. The molecule has 2 heterocycles. The molecule has 1 aromatic carbocycles. The van der Waals surface area contributed by atoms with Crippen LogP contribution in [0, 0.1) is 0 Å². The quantitative estimate of drug-likeness (QED) is 0.539. The summed E-state index contributed by atoms with van der Waals surface area (Å²) in [4.78, 5) is 17.7. The van der Waals surface area contributed by atoms with Crippen molar-refractivity contribution in [3.8, 4) is 5.75 Å². The summed E-state index contributed by atoms with van der Waals surface area (Å²) in [5, 5.41) is 4.33. The molecule has 28 heavy (non-hydrogen) atoms. The van der Waals surface area contributed by atoms with Crippen LogP contribution in [-0.4, -0.2) is 40.1 Å². The third-order valence-corrected chi connectivity index (χ3v) is 5.22. The molecule has 1 amide bonds. The van der Waals surface area contributed by atoms with Gasteiger partial charge in [-0.05, 0) is 52.0 Å². The van der Waals surface area contributed by atoms with Crippen molar-refractivity contribution in [3.63, 3.8) is 0 Å². The molecular formula is C20H26N4O3S. The van der Waals surface area contributed by atoms with Gasteiger partial charge in [-0.2, -0.15) is 10.1 Å². The van der Waals surface area contributed by atoms with E-state index in [2.05, 4.69) is 10.1 Å². The number of aromatic nitrogens is 3. The van der Waals surface area contributed by atoms with Crippen LogP contribution in [0.4, 0.5) is 0 Å². The molecule has 3 aromatic rings. The number of amides is 1. The Kier molecular flexibility index (Phi) is 6.64. The molecule has 7 nitrogen and oxygen atoms in total. The Morgan fingerprint density at radius 2 is 2.07 bits per heavy atom. The predicted molar refractivity (Wildman–Crippen MR) is 110 cm³/mol. The molecule has 0 fully saturated rings. The van der Waals surface area contributed by atoms with Gasteiger partial charge in [0, 0.05) is 25.4 Å². The molecule has 0 radical (unpaired) electrons. The molecule has 150 valence electrons. The Morgan fingerprint density at radius 3 is 2.75 bits per heavy atom. The first-order valence-electron chi connectivity index (χ1n) is 9.51. The topological polar surface area (TPSA) is 70.6 Å². The highest BCUT2D eigenvalue weighted by atomic mass is 32.1. The maximum Gasteiger partial charge on any atom is 0.300 e. The fourth-order valence-corrected chi connectivity index (χ4v) is 3.88. The van der Waals surface area contributed by atoms with Crippen LogP contribution in [0.5, 0.6) is 5.75 Å². The van der Waals surface area contributed by atoms with Gasteiger partial charge < -0.3 is 14.0 Å². The van der Waals surface area contributed by atoms with Crippen molar-refractivity contribution < 1.29 is 14.3 Å². The van der Waals surface area contributed by atoms with Gasteiger partial charge in [0.05, 0.1) is 23.4 Å². The number of rotatable bonds is 8. The van der Waals surface area contributed by atoms with Crippen molar-refractivity contribution in [2.75, 3.05) is 19.8 Å². The van der Waals surface area contributed by atoms with E-state index < -0.39 is 0 Å². The van der Waals surface area contributed by atoms with Crippen LogP contribution in [-0.2, 0) is 11.3 Å². The lowest BCUT2D eigenvalue weighted by Crippen LogP contribution is -2.20. The molecule has 0 aliphatic rings. The molecule has 0 N–H and O–H groups in total. The van der Waals surface area contributed by atoms with Gasteiger partial charge >= 0.3 is 0 Å². The molecule has 0 atom stereocenters. The highest BCUT2D eigenvalue weighted by Gasteiger charge is 2.13. The standard InChI is InChI=1S/C20H26N4O3S/c1-5-26-12-11-23-17-8-7-15(27-6-2)13-18(17)28-20(23)21-19(25)16-9-10-24(22-16)14(3)4/h7-10,13-14H,5-6,11-12H2,1-4H3. The zero-order valence-corrected chi connectivity index (χ0v) is 17.5. The lowest BCUT2D eigenvalue weighted by Gasteiger charge is -2.06. The molecular weight excluding hydrogens is 376 g/mol. The number of carbonyl (C=O) groups is 1. The maximum absolute atomic E-state index is 12.7. The summed E-state index contributed by atoms with van der Waals surface area (Å²) in [7, 11) is 0. The highest BCUT2D eigenvalue weighted by molar-refractivity contribution is 7.16. The molecule has 3 rings (SSSR count). The third-order valence-electron chi connectivity index (χ3n) is 4.18. The van der Waals surface area contributed by atoms with Gasteiger partial charge in [0.25, 0.3) is 5.91 Å². The normalized spacial score (nSPS) is 12.2. The van der Waals surface area contributed by atoms with E-state index >= 15 is 0 Å². The molecule has 0 aliphatic heterocycles. The first-order chi connectivity index (χ1) is 13.5. The smallest absolute Gasteiger partial charge is 0.300 e. The third kappa shape index (κ3) is 4.51. The van der Waals surface area contributed by atoms with Crippen molar-refractivity contribution in [2.45, 2.75) is 40.3 Å². The van der Waals surface area contributed by atoms with Gasteiger partial charge in [-0.15, -0.1) is 0 Å². The molecule has 0 aliphatic carbocycles. The van der Waals surface area contributed by atoms with Crippen LogP contribution >= 0.6 is 11.3 Å². The Bertz CT molecular complexity index is 1020. The fraction of sp³-hybridized carbons (Fsp3) is 0.450. The largest absolute Gasteiger partial charge is 0.494 e. The van der Waals surface area contributed by atoms with E-state index in [1.54, 1.807) is 16.9 Å². The number of nitrogens with zero attached hydrogens (tertiary/aromatic N) is 4. The SMILES string of the molecule is CCOCCn1c(=NC(=O)c2ccn(C(C)C)n2)sc2cc(OCC)ccc21. The number of fused-ring (bicyclic) bond motifs is 1. The lowest BCUT2D eigenvalue weighted by atomic mass is 10.3. The Labute approximate surface area is 168 Å². The first-order valence-corrected chi connectivity index (χ1v) is 10.3. The summed E-state index contributed by atoms with van der Waals surface area (Å²) in [6, 6.07) is 7.82. The van der Waals surface area contributed by atoms with Crippen LogP contribution in [0.15, 0.2) is 35.5 Å². The fourth-order valence-electron chi connectivity index (χ4n) is 2.80. The first kappa shape index (κ1) is 20.3. The van der Waals surface area contributed by atoms with Gasteiger partial charge in [-0.3, -0.25) is 9.48 Å². The van der Waals surface area contributed by atoms with E-state index in [1.165, 1.54) is 11.3 Å². The van der Waals surface area contributed by atoms with Gasteiger partial charge in [0.15, 0.2) is 10.5 Å². The monoisotopic (exact) mass is 402 g/mol. The van der Waals surface area contributed by atoms with Gasteiger partial charge in [0.1, 0.15) is 5.75 Å². The average molecular weight is 403 g/mol. The molecule has 0 unspecified atom stereocenters. The molecule has 8 heteroatoms. The van der Waals surface area contributed by atoms with Crippen molar-refractivity contribution in [1.82, 2.24) is 14.3 Å². The van der Waals surface area contributed by atoms with E-state index in [9.17, 15) is 4.79 Å². The van der Waals surface area contributed by atoms with Gasteiger partial charge in [-0.25, -0.2) is 0 Å². The Balaban J connectivity index is 2.01. The van der Waals surface area contributed by atoms with Crippen molar-refractivity contribution >= 4 is 27.5 Å². The van der Waals surface area contributed by atoms with Crippen LogP contribution in [0.1, 0.15) is 44.2 Å². The lowest BCUT2D eigenvalue weighted by molar-refractivity contribution is 0.0991. The minimum absolute atomic E-state index is 0.194. The highest BCUT2D eigenvalue weighted by Crippen LogP contribution is 2.23. The number of thiazole rings is 1. The van der Waals surface area contributed by atoms with Crippen LogP contribution in [0.2, 0.25) is 0 Å². The van der Waals surface area contributed by atoms with Gasteiger partial charge in [-0.1, -0.05) is 11.3 Å². The van der Waals surface area contributed by atoms with E-state index in [0.29, 0.717) is 36.9 Å². The average Bonchev–Trinajstić information content (AvgIpc) is 3.28. The molecule has 0 spiro atoms. The summed E-state index contributed by atoms with van der Waals surface area (Å²) in [5.41, 5.74) is 1.35. The Morgan fingerprint density at radius 1 is 1.25 bits per heavy atom. The minimum atomic E-state index is -0.346. The summed E-state index contributed by atoms with van der Waals surface area (Å²) >= 11 is 1.46. The maximum atomic E-state index is 12.7. The number of ether oxygens (including phenoxy) is 2. The molecule has 0 bridgehead atoms. The van der Waals surface area contributed by atoms with Crippen molar-refractivity contribution in [3.05, 3.63) is 41.0 Å². The van der Waals surface area contributed by atoms with Crippen LogP contribution in [0.3, 0.4) is 0 Å². The van der Waals surface area contributed by atoms with E-state index in [1.807, 2.05) is 50.5 Å². The summed E-state index contributed by atoms with van der Waals surface area (Å²) < 4.78 is 15.9. The zero-order chi connectivity index (χ0) is 20.1. The molecule has 2 aromatic heterocycles. The second kappa shape index (κ2) is 9.16. The summed E-state index contributed by atoms with van der Waals surface area (Å²) in [5.74, 6) is 0.461. The van der Waals surface area contributed by atoms with E-state index in [0.717, 1.165) is 16.0 Å². The second-order valence-electron chi connectivity index (χ2n) is 6.49. The van der Waals surface area contributed by atoms with E-state index in [4.69, 9.17) is 9.47 Å². The summed E-state index contributed by atoms with van der Waals surface area (Å²) in [6.45, 7) is 10.4. The van der Waals surface area contributed by atoms with Gasteiger partial charge in [0.2, 0.25) is 0 Å². The summed E-state index contributed by atoms with van der Waals surface area (Å²) in [6.07, 6.45) is 1.80.